The van der Waals surface area contributed by atoms with Crippen LogP contribution in [0.15, 0.2) is 42.5 Å². The summed E-state index contributed by atoms with van der Waals surface area (Å²) in [4.78, 5) is 16.9. The van der Waals surface area contributed by atoms with Crippen LogP contribution in [0, 0.1) is 0 Å². The summed E-state index contributed by atoms with van der Waals surface area (Å²) < 4.78 is 10.5. The van der Waals surface area contributed by atoms with Gasteiger partial charge in [-0.15, -0.1) is 0 Å². The number of carbonyl (C=O) groups is 1. The Morgan fingerprint density at radius 2 is 1.65 bits per heavy atom. The van der Waals surface area contributed by atoms with E-state index < -0.39 is 0 Å². The smallest absolute Gasteiger partial charge is 0.258 e. The van der Waals surface area contributed by atoms with Gasteiger partial charge in [-0.3, -0.25) is 4.79 Å². The Bertz CT molecular complexity index is 730. The molecule has 0 bridgehead atoms. The predicted molar refractivity (Wildman–Crippen MR) is 90.9 cm³/mol. The molecule has 0 fully saturated rings. The quantitative estimate of drug-likeness (QED) is 0.874. The van der Waals surface area contributed by atoms with E-state index in [0.29, 0.717) is 23.6 Å². The molecular weight excluding hydrogens is 292 g/mol. The van der Waals surface area contributed by atoms with Gasteiger partial charge in [0.25, 0.3) is 5.91 Å². The number of anilines is 2. The molecule has 1 heterocycles. The Morgan fingerprint density at radius 1 is 0.957 bits per heavy atom. The first-order valence-corrected chi connectivity index (χ1v) is 7.49. The summed E-state index contributed by atoms with van der Waals surface area (Å²) >= 11 is 0. The molecular formula is C18H20N2O3. The Balaban J connectivity index is 1.97. The molecule has 3 rings (SSSR count). The van der Waals surface area contributed by atoms with Crippen LogP contribution in [0.5, 0.6) is 11.5 Å². The normalized spacial score (nSPS) is 13.5. The van der Waals surface area contributed by atoms with Crippen LogP contribution in [0.2, 0.25) is 0 Å². The molecule has 0 spiro atoms. The molecule has 5 nitrogen and oxygen atoms in total. The first kappa shape index (κ1) is 15.2. The average Bonchev–Trinajstić information content (AvgIpc) is 2.61. The molecule has 120 valence electrons. The molecule has 0 aliphatic carbocycles. The zero-order valence-corrected chi connectivity index (χ0v) is 13.6. The lowest BCUT2D eigenvalue weighted by atomic mass is 10.1. The van der Waals surface area contributed by atoms with Gasteiger partial charge < -0.3 is 19.3 Å². The monoisotopic (exact) mass is 312 g/mol. The van der Waals surface area contributed by atoms with Gasteiger partial charge in [-0.05, 0) is 30.3 Å². The van der Waals surface area contributed by atoms with Crippen molar-refractivity contribution in [3.8, 4) is 11.5 Å². The summed E-state index contributed by atoms with van der Waals surface area (Å²) in [5.74, 6) is 1.13. The van der Waals surface area contributed by atoms with E-state index in [1.54, 1.807) is 32.4 Å². The number of methoxy groups -OCH3 is 2. The van der Waals surface area contributed by atoms with Gasteiger partial charge in [0.2, 0.25) is 0 Å². The highest BCUT2D eigenvalue weighted by Gasteiger charge is 2.26. The van der Waals surface area contributed by atoms with Crippen LogP contribution in [-0.4, -0.2) is 40.3 Å². The van der Waals surface area contributed by atoms with E-state index in [0.717, 1.165) is 17.9 Å². The van der Waals surface area contributed by atoms with Crippen molar-refractivity contribution in [2.75, 3.05) is 44.2 Å². The predicted octanol–water partition coefficient (Wildman–Crippen LogP) is 2.80. The molecule has 0 atom stereocenters. The number of benzene rings is 2. The lowest BCUT2D eigenvalue weighted by Gasteiger charge is -2.35. The molecule has 0 radical (unpaired) electrons. The zero-order valence-electron chi connectivity index (χ0n) is 13.6. The third-order valence-corrected chi connectivity index (χ3v) is 4.12. The van der Waals surface area contributed by atoms with E-state index in [1.165, 1.54) is 0 Å². The number of likely N-dealkylation sites (N-methyl/N-ethyl adjacent to an activating group) is 1. The zero-order chi connectivity index (χ0) is 16.4. The maximum atomic E-state index is 12.9. The van der Waals surface area contributed by atoms with Crippen molar-refractivity contribution >= 4 is 17.3 Å². The molecule has 2 aromatic rings. The van der Waals surface area contributed by atoms with Crippen molar-refractivity contribution in [3.05, 3.63) is 48.0 Å². The highest BCUT2D eigenvalue weighted by molar-refractivity contribution is 6.08. The molecule has 0 unspecified atom stereocenters. The Hall–Kier alpha value is -2.69. The van der Waals surface area contributed by atoms with Crippen LogP contribution in [0.1, 0.15) is 10.4 Å². The first-order valence-electron chi connectivity index (χ1n) is 7.49. The molecule has 23 heavy (non-hydrogen) atoms. The van der Waals surface area contributed by atoms with Crippen molar-refractivity contribution in [2.24, 2.45) is 0 Å². The van der Waals surface area contributed by atoms with E-state index in [9.17, 15) is 4.79 Å². The minimum atomic E-state index is -0.0356. The van der Waals surface area contributed by atoms with Crippen molar-refractivity contribution < 1.29 is 14.3 Å². The Kier molecular flexibility index (Phi) is 4.10. The molecule has 5 heteroatoms. The number of rotatable bonds is 3. The highest BCUT2D eigenvalue weighted by Crippen LogP contribution is 2.34. The standard InChI is InChI=1S/C18H20N2O3/c1-19-10-11-20(15-7-5-4-6-14(15)19)18(21)13-8-9-16(22-2)17(12-13)23-3/h4-9,12H,10-11H2,1-3H3. The Labute approximate surface area is 136 Å². The lowest BCUT2D eigenvalue weighted by molar-refractivity contribution is 0.0986. The summed E-state index contributed by atoms with van der Waals surface area (Å²) in [6.45, 7) is 1.46. The number of amides is 1. The number of carbonyl (C=O) groups excluding carboxylic acids is 1. The van der Waals surface area contributed by atoms with Gasteiger partial charge in [0.05, 0.1) is 25.6 Å². The van der Waals surface area contributed by atoms with Crippen LogP contribution in [0.25, 0.3) is 0 Å². The number of nitrogens with zero attached hydrogens (tertiary/aromatic N) is 2. The van der Waals surface area contributed by atoms with Gasteiger partial charge in [-0.25, -0.2) is 0 Å². The SMILES string of the molecule is COc1ccc(C(=O)N2CCN(C)c3ccccc32)cc1OC. The summed E-state index contributed by atoms with van der Waals surface area (Å²) in [7, 11) is 5.18. The van der Waals surface area contributed by atoms with Crippen LogP contribution >= 0.6 is 0 Å². The summed E-state index contributed by atoms with van der Waals surface area (Å²) in [6, 6.07) is 13.2. The number of hydrogen-bond acceptors (Lipinski definition) is 4. The topological polar surface area (TPSA) is 42.0 Å². The molecule has 0 saturated heterocycles. The van der Waals surface area contributed by atoms with Gasteiger partial charge in [-0.1, -0.05) is 12.1 Å². The van der Waals surface area contributed by atoms with Gasteiger partial charge in [0.1, 0.15) is 0 Å². The van der Waals surface area contributed by atoms with Gasteiger partial charge in [0.15, 0.2) is 11.5 Å². The number of hydrogen-bond donors (Lipinski definition) is 0. The number of fused-ring (bicyclic) bond motifs is 1. The lowest BCUT2D eigenvalue weighted by Crippen LogP contribution is -2.42. The Morgan fingerprint density at radius 3 is 2.35 bits per heavy atom. The fraction of sp³-hybridized carbons (Fsp3) is 0.278. The van der Waals surface area contributed by atoms with Crippen LogP contribution in [0.3, 0.4) is 0 Å². The minimum absolute atomic E-state index is 0.0356. The third-order valence-electron chi connectivity index (χ3n) is 4.12. The van der Waals surface area contributed by atoms with Crippen LogP contribution < -0.4 is 19.3 Å². The van der Waals surface area contributed by atoms with E-state index in [2.05, 4.69) is 4.90 Å². The molecule has 2 aromatic carbocycles. The van der Waals surface area contributed by atoms with Gasteiger partial charge >= 0.3 is 0 Å². The van der Waals surface area contributed by atoms with Crippen LogP contribution in [0.4, 0.5) is 11.4 Å². The largest absolute Gasteiger partial charge is 0.493 e. The highest BCUT2D eigenvalue weighted by atomic mass is 16.5. The maximum absolute atomic E-state index is 12.9. The summed E-state index contributed by atoms with van der Waals surface area (Å²) in [5.41, 5.74) is 2.58. The van der Waals surface area contributed by atoms with E-state index in [-0.39, 0.29) is 5.91 Å². The summed E-state index contributed by atoms with van der Waals surface area (Å²) in [5, 5.41) is 0. The van der Waals surface area contributed by atoms with Gasteiger partial charge in [-0.2, -0.15) is 0 Å². The third kappa shape index (κ3) is 2.70. The maximum Gasteiger partial charge on any atom is 0.258 e. The number of ether oxygens (including phenoxy) is 2. The summed E-state index contributed by atoms with van der Waals surface area (Å²) in [6.07, 6.45) is 0. The van der Waals surface area contributed by atoms with E-state index in [1.807, 2.05) is 36.2 Å². The van der Waals surface area contributed by atoms with Crippen molar-refractivity contribution in [3.63, 3.8) is 0 Å². The molecule has 0 saturated carbocycles. The van der Waals surface area contributed by atoms with E-state index in [4.69, 9.17) is 9.47 Å². The second-order valence-electron chi connectivity index (χ2n) is 5.44. The molecule has 1 aliphatic heterocycles. The van der Waals surface area contributed by atoms with Crippen molar-refractivity contribution in [2.45, 2.75) is 0 Å². The molecule has 1 amide bonds. The van der Waals surface area contributed by atoms with E-state index >= 15 is 0 Å². The second-order valence-corrected chi connectivity index (χ2v) is 5.44. The fourth-order valence-electron chi connectivity index (χ4n) is 2.84. The molecule has 0 N–H and O–H groups in total. The number of para-hydroxylation sites is 2. The van der Waals surface area contributed by atoms with Gasteiger partial charge in [0, 0.05) is 25.7 Å². The van der Waals surface area contributed by atoms with Crippen molar-refractivity contribution in [1.29, 1.82) is 0 Å². The fourth-order valence-corrected chi connectivity index (χ4v) is 2.84. The minimum Gasteiger partial charge on any atom is -0.493 e. The van der Waals surface area contributed by atoms with Crippen LogP contribution in [-0.2, 0) is 0 Å². The van der Waals surface area contributed by atoms with Crippen molar-refractivity contribution in [1.82, 2.24) is 0 Å². The average molecular weight is 312 g/mol. The molecule has 1 aliphatic rings. The first-order chi connectivity index (χ1) is 11.2. The molecule has 0 aromatic heterocycles. The second kappa shape index (κ2) is 6.20.